The lowest BCUT2D eigenvalue weighted by Gasteiger charge is -2.58. The monoisotopic (exact) mass is 690 g/mol. The molecule has 3 atom stereocenters. The Labute approximate surface area is 297 Å². The molecular weight excluding hydrogens is 635 g/mol. The van der Waals surface area contributed by atoms with Crippen LogP contribution < -0.4 is 22.1 Å². The van der Waals surface area contributed by atoms with E-state index < -0.39 is 35.8 Å². The average Bonchev–Trinajstić information content (AvgIpc) is 3.09. The van der Waals surface area contributed by atoms with Crippen LogP contribution in [0.25, 0.3) is 0 Å². The molecule has 9 nitrogen and oxygen atoms in total. The van der Waals surface area contributed by atoms with Crippen molar-refractivity contribution in [3.8, 4) is 0 Å². The molecule has 0 aliphatic heterocycles. The minimum Gasteiger partial charge on any atom is -0.368 e. The Hall–Kier alpha value is -3.37. The van der Waals surface area contributed by atoms with Crippen LogP contribution in [0.4, 0.5) is 0 Å². The summed E-state index contributed by atoms with van der Waals surface area (Å²) < 4.78 is 7.92. The number of nitrogens with one attached hydrogen (secondary N) is 2. The van der Waals surface area contributed by atoms with Gasteiger partial charge in [0.15, 0.2) is 0 Å². The first-order chi connectivity index (χ1) is 23.9. The van der Waals surface area contributed by atoms with Crippen molar-refractivity contribution in [1.29, 1.82) is 0 Å². The van der Waals surface area contributed by atoms with Gasteiger partial charge in [-0.25, -0.2) is 0 Å². The third-order valence-electron chi connectivity index (χ3n) is 10.9. The van der Waals surface area contributed by atoms with Crippen LogP contribution in [0.1, 0.15) is 77.3 Å². The maximum atomic E-state index is 14.4. The van der Waals surface area contributed by atoms with Crippen molar-refractivity contribution < 1.29 is 20.5 Å². The van der Waals surface area contributed by atoms with E-state index in [0.717, 1.165) is 42.4 Å². The molecular formula is C39H55N5O4S. The lowest BCUT2D eigenvalue weighted by molar-refractivity contribution is -0.153. The van der Waals surface area contributed by atoms with E-state index in [-0.39, 0.29) is 37.2 Å². The molecule has 4 fully saturated rings. The molecule has 0 radical (unpaired) electrons. The van der Waals surface area contributed by atoms with Gasteiger partial charge >= 0.3 is 0 Å². The van der Waals surface area contributed by atoms with E-state index >= 15 is 0 Å². The van der Waals surface area contributed by atoms with Crippen molar-refractivity contribution in [1.82, 2.24) is 15.5 Å². The van der Waals surface area contributed by atoms with Gasteiger partial charge in [-0.05, 0) is 103 Å². The zero-order valence-corrected chi connectivity index (χ0v) is 30.1. The summed E-state index contributed by atoms with van der Waals surface area (Å²) in [6.07, 6.45) is 8.34. The number of hydrogen-bond acceptors (Lipinski definition) is 6. The van der Waals surface area contributed by atoms with Crippen molar-refractivity contribution in [3.05, 3.63) is 71.3 Å². The lowest BCUT2D eigenvalue weighted by Crippen LogP contribution is -2.64. The highest BCUT2D eigenvalue weighted by Crippen LogP contribution is 2.55. The summed E-state index contributed by atoms with van der Waals surface area (Å²) in [4.78, 5) is 56.1. The van der Waals surface area contributed by atoms with Crippen LogP contribution in [-0.4, -0.2) is 71.2 Å². The quantitative estimate of drug-likeness (QED) is 0.223. The predicted octanol–water partition coefficient (Wildman–Crippen LogP) is 3.96. The number of benzene rings is 2. The molecule has 4 saturated carbocycles. The lowest BCUT2D eigenvalue weighted by atomic mass is 9.53. The fraction of sp³-hybridized carbons (Fsp3) is 0.590. The van der Waals surface area contributed by atoms with Gasteiger partial charge in [-0.3, -0.25) is 19.2 Å². The number of thioether (sulfide) groups is 1. The van der Waals surface area contributed by atoms with Crippen LogP contribution in [0, 0.1) is 23.7 Å². The zero-order valence-electron chi connectivity index (χ0n) is 30.2. The number of nitrogens with two attached hydrogens (primary N) is 2. The second kappa shape index (κ2) is 16.1. The smallest absolute Gasteiger partial charge is 0.243 e. The maximum absolute atomic E-state index is 14.4. The van der Waals surface area contributed by atoms with Gasteiger partial charge in [0.2, 0.25) is 23.6 Å². The Balaban J connectivity index is 1.32. The minimum atomic E-state index is -0.875. The molecule has 0 saturated heterocycles. The van der Waals surface area contributed by atoms with Crippen LogP contribution in [0.3, 0.4) is 0 Å². The summed E-state index contributed by atoms with van der Waals surface area (Å²) in [6.45, 7) is 4.00. The first-order valence-corrected chi connectivity index (χ1v) is 19.1. The first-order valence-electron chi connectivity index (χ1n) is 18.5. The average molecular weight is 691 g/mol. The second-order valence-electron chi connectivity index (χ2n) is 15.3. The molecule has 266 valence electrons. The van der Waals surface area contributed by atoms with Gasteiger partial charge in [-0.1, -0.05) is 75.3 Å². The summed E-state index contributed by atoms with van der Waals surface area (Å²) in [5.41, 5.74) is 14.9. The molecule has 0 unspecified atom stereocenters. The Morgan fingerprint density at radius 1 is 0.918 bits per heavy atom. The number of carbonyl (C=O) groups excluding carboxylic acids is 4. The summed E-state index contributed by atoms with van der Waals surface area (Å²) in [6, 6.07) is 14.7. The van der Waals surface area contributed by atoms with Gasteiger partial charge < -0.3 is 27.0 Å². The normalized spacial score (nSPS) is 24.7. The number of amides is 4. The van der Waals surface area contributed by atoms with E-state index in [2.05, 4.69) is 10.6 Å². The fourth-order valence-electron chi connectivity index (χ4n) is 8.67. The molecule has 10 heteroatoms. The summed E-state index contributed by atoms with van der Waals surface area (Å²) >= 11 is 1.56. The highest BCUT2D eigenvalue weighted by molar-refractivity contribution is 7.98. The summed E-state index contributed by atoms with van der Waals surface area (Å²) in [7, 11) is 0. The standard InChI is InChI=1S/C39H55N5O4S/c1-39(2,3)30-12-10-25(11-13-30)22-33(36(41)46)44(35-28-17-26-16-27(19-28)20-29(35)18-26)34(45)23-42-38(48)32(14-15-49-4)43-37(47)31(40)21-24-8-6-5-7-9-24/h5-13,26-29,31-33,35H,14-23,40H2,1-4H3,(H2,41,46)(H,42,48)(H,43,47)/t26?,27?,28?,29?,31-,32+,33-,35?/m0/s1/i1D. The van der Waals surface area contributed by atoms with E-state index in [1.165, 1.54) is 6.42 Å². The van der Waals surface area contributed by atoms with Crippen molar-refractivity contribution in [2.24, 2.45) is 35.1 Å². The van der Waals surface area contributed by atoms with E-state index in [4.69, 9.17) is 12.8 Å². The molecule has 0 aromatic heterocycles. The van der Waals surface area contributed by atoms with Crippen molar-refractivity contribution >= 4 is 35.4 Å². The molecule has 2 aromatic carbocycles. The third-order valence-corrected chi connectivity index (χ3v) is 11.6. The Bertz CT molecular complexity index is 1460. The highest BCUT2D eigenvalue weighted by atomic mass is 32.2. The second-order valence-corrected chi connectivity index (χ2v) is 16.3. The zero-order chi connectivity index (χ0) is 36.0. The molecule has 4 bridgehead atoms. The van der Waals surface area contributed by atoms with E-state index in [1.807, 2.05) is 74.7 Å². The molecule has 4 aliphatic carbocycles. The first kappa shape index (κ1) is 35.5. The van der Waals surface area contributed by atoms with E-state index in [0.29, 0.717) is 42.3 Å². The molecule has 4 amide bonds. The number of primary amides is 1. The molecule has 6 N–H and O–H groups in total. The number of carbonyl (C=O) groups is 4. The maximum Gasteiger partial charge on any atom is 0.243 e. The van der Waals surface area contributed by atoms with Crippen LogP contribution in [-0.2, 0) is 37.4 Å². The number of nitrogens with zero attached hydrogens (tertiary/aromatic N) is 1. The van der Waals surface area contributed by atoms with Crippen molar-refractivity contribution in [2.45, 2.75) is 102 Å². The van der Waals surface area contributed by atoms with Crippen LogP contribution in [0.15, 0.2) is 54.6 Å². The molecule has 0 heterocycles. The minimum absolute atomic E-state index is 0.116. The van der Waals surface area contributed by atoms with Gasteiger partial charge in [0, 0.05) is 13.8 Å². The predicted molar refractivity (Wildman–Crippen MR) is 196 cm³/mol. The molecule has 0 spiro atoms. The summed E-state index contributed by atoms with van der Waals surface area (Å²) in [5, 5.41) is 5.63. The van der Waals surface area contributed by atoms with Gasteiger partial charge in [0.1, 0.15) is 12.1 Å². The van der Waals surface area contributed by atoms with Gasteiger partial charge in [-0.15, -0.1) is 0 Å². The Morgan fingerprint density at radius 2 is 1.53 bits per heavy atom. The van der Waals surface area contributed by atoms with Crippen LogP contribution >= 0.6 is 11.8 Å². The Kier molecular flexibility index (Phi) is 11.7. The topological polar surface area (TPSA) is 148 Å². The van der Waals surface area contributed by atoms with Crippen molar-refractivity contribution in [2.75, 3.05) is 18.6 Å². The van der Waals surface area contributed by atoms with Crippen LogP contribution in [0.2, 0.25) is 0 Å². The molecule has 49 heavy (non-hydrogen) atoms. The van der Waals surface area contributed by atoms with Crippen LogP contribution in [0.5, 0.6) is 0 Å². The van der Waals surface area contributed by atoms with Gasteiger partial charge in [0.05, 0.1) is 12.6 Å². The highest BCUT2D eigenvalue weighted by Gasteiger charge is 2.52. The SMILES string of the molecule is [2H]CC(C)(C)c1ccc(C[C@@H](C(N)=O)N(C(=O)CNC(=O)[C@@H](CCSC)NC(=O)[C@@H](N)Cc2ccccc2)C2C3CC4CC(C3)CC2C4)cc1. The molecule has 2 aromatic rings. The third kappa shape index (κ3) is 9.25. The van der Waals surface area contributed by atoms with Crippen molar-refractivity contribution in [3.63, 3.8) is 0 Å². The largest absolute Gasteiger partial charge is 0.368 e. The van der Waals surface area contributed by atoms with E-state index in [9.17, 15) is 19.2 Å². The van der Waals surface area contributed by atoms with E-state index in [1.54, 1.807) is 16.7 Å². The summed E-state index contributed by atoms with van der Waals surface area (Å²) in [5.74, 6) is 0.776. The fourth-order valence-corrected chi connectivity index (χ4v) is 9.14. The molecule has 4 aliphatic rings. The number of rotatable bonds is 15. The number of hydrogen-bond donors (Lipinski definition) is 4. The van der Waals surface area contributed by atoms with Gasteiger partial charge in [-0.2, -0.15) is 11.8 Å². The Morgan fingerprint density at radius 3 is 2.10 bits per heavy atom. The van der Waals surface area contributed by atoms with Gasteiger partial charge in [0.25, 0.3) is 0 Å². The molecule has 6 rings (SSSR count).